The molecule has 0 saturated carbocycles. The van der Waals surface area contributed by atoms with Crippen molar-refractivity contribution in [2.75, 3.05) is 59.2 Å². The molecule has 0 aromatic heterocycles. The van der Waals surface area contributed by atoms with E-state index in [1.54, 1.807) is 7.05 Å². The molecule has 0 bridgehead atoms. The molecule has 2 rings (SSSR count). The molecule has 2 fully saturated rings. The second-order valence-electron chi connectivity index (χ2n) is 7.59. The van der Waals surface area contributed by atoms with E-state index in [0.29, 0.717) is 32.3 Å². The largest absolute Gasteiger partial charge is 0.376 e. The van der Waals surface area contributed by atoms with Crippen molar-refractivity contribution in [2.45, 2.75) is 57.7 Å². The summed E-state index contributed by atoms with van der Waals surface area (Å²) in [5, 5.41) is 3.36. The minimum absolute atomic E-state index is 0.274. The van der Waals surface area contributed by atoms with E-state index in [-0.39, 0.29) is 6.10 Å². The lowest BCUT2D eigenvalue weighted by atomic mass is 10.1. The van der Waals surface area contributed by atoms with Gasteiger partial charge in [0, 0.05) is 46.4 Å². The molecular formula is C19H38N4O4S. The molecule has 2 aliphatic rings. The van der Waals surface area contributed by atoms with Gasteiger partial charge in [-0.2, -0.15) is 0 Å². The van der Waals surface area contributed by atoms with Crippen molar-refractivity contribution in [3.63, 3.8) is 0 Å². The molecule has 2 aliphatic heterocycles. The highest BCUT2D eigenvalue weighted by molar-refractivity contribution is 7.88. The summed E-state index contributed by atoms with van der Waals surface area (Å²) in [5.41, 5.74) is 0. The third kappa shape index (κ3) is 7.85. The molecule has 8 nitrogen and oxygen atoms in total. The van der Waals surface area contributed by atoms with Crippen LogP contribution < -0.4 is 5.32 Å². The van der Waals surface area contributed by atoms with E-state index in [1.165, 1.54) is 23.4 Å². The lowest BCUT2D eigenvalue weighted by Gasteiger charge is -2.35. The maximum Gasteiger partial charge on any atom is 0.211 e. The minimum atomic E-state index is -3.12. The first-order valence-corrected chi connectivity index (χ1v) is 12.4. The fourth-order valence-electron chi connectivity index (χ4n) is 3.76. The molecule has 0 spiro atoms. The van der Waals surface area contributed by atoms with E-state index in [1.807, 2.05) is 6.92 Å². The van der Waals surface area contributed by atoms with Gasteiger partial charge in [0.25, 0.3) is 0 Å². The molecule has 1 atom stereocenters. The van der Waals surface area contributed by atoms with Crippen molar-refractivity contribution in [1.82, 2.24) is 14.5 Å². The molecule has 0 aromatic rings. The SMILES string of the molecule is CCN(CCCNC(=NC)N1CCC(OCC2CCCCO2)CC1)S(C)(=O)=O. The zero-order valence-corrected chi connectivity index (χ0v) is 18.5. The molecule has 2 saturated heterocycles. The molecule has 0 aliphatic carbocycles. The monoisotopic (exact) mass is 418 g/mol. The summed E-state index contributed by atoms with van der Waals surface area (Å²) in [5.74, 6) is 0.886. The van der Waals surface area contributed by atoms with Gasteiger partial charge in [-0.05, 0) is 38.5 Å². The summed E-state index contributed by atoms with van der Waals surface area (Å²) in [7, 11) is -1.33. The number of guanidine groups is 1. The second kappa shape index (κ2) is 11.9. The maximum absolute atomic E-state index is 11.6. The van der Waals surface area contributed by atoms with Crippen LogP contribution in [0.2, 0.25) is 0 Å². The van der Waals surface area contributed by atoms with E-state index < -0.39 is 10.0 Å². The number of likely N-dealkylation sites (tertiary alicyclic amines) is 1. The number of nitrogens with one attached hydrogen (secondary N) is 1. The highest BCUT2D eigenvalue weighted by atomic mass is 32.2. The fraction of sp³-hybridized carbons (Fsp3) is 0.947. The first kappa shape index (κ1) is 23.4. The standard InChI is InChI=1S/C19H38N4O4S/c1-4-23(28(3,24)25)12-7-11-21-19(20-2)22-13-9-17(10-14-22)27-16-18-8-5-6-15-26-18/h17-18H,4-16H2,1-3H3,(H,20,21). The van der Waals surface area contributed by atoms with Crippen LogP contribution in [-0.4, -0.2) is 95.0 Å². The second-order valence-corrected chi connectivity index (χ2v) is 9.57. The van der Waals surface area contributed by atoms with E-state index >= 15 is 0 Å². The van der Waals surface area contributed by atoms with E-state index in [9.17, 15) is 8.42 Å². The van der Waals surface area contributed by atoms with E-state index in [0.717, 1.165) is 51.3 Å². The first-order chi connectivity index (χ1) is 13.4. The molecule has 1 N–H and O–H groups in total. The minimum Gasteiger partial charge on any atom is -0.376 e. The highest BCUT2D eigenvalue weighted by Gasteiger charge is 2.23. The Morgan fingerprint density at radius 2 is 2.04 bits per heavy atom. The number of rotatable bonds is 9. The van der Waals surface area contributed by atoms with Gasteiger partial charge in [-0.15, -0.1) is 0 Å². The Morgan fingerprint density at radius 3 is 2.61 bits per heavy atom. The van der Waals surface area contributed by atoms with Crippen LogP contribution in [-0.2, 0) is 19.5 Å². The van der Waals surface area contributed by atoms with Gasteiger partial charge in [-0.3, -0.25) is 4.99 Å². The summed E-state index contributed by atoms with van der Waals surface area (Å²) in [6.45, 7) is 7.01. The van der Waals surface area contributed by atoms with Crippen molar-refractivity contribution in [3.05, 3.63) is 0 Å². The van der Waals surface area contributed by atoms with Crippen LogP contribution in [0.5, 0.6) is 0 Å². The van der Waals surface area contributed by atoms with Gasteiger partial charge in [-0.25, -0.2) is 12.7 Å². The molecule has 164 valence electrons. The summed E-state index contributed by atoms with van der Waals surface area (Å²) in [6.07, 6.45) is 8.10. The van der Waals surface area contributed by atoms with Crippen LogP contribution in [0.3, 0.4) is 0 Å². The number of ether oxygens (including phenoxy) is 2. The quantitative estimate of drug-likeness (QED) is 0.345. The zero-order valence-electron chi connectivity index (χ0n) is 17.7. The van der Waals surface area contributed by atoms with Gasteiger partial charge in [0.05, 0.1) is 25.1 Å². The van der Waals surface area contributed by atoms with Crippen LogP contribution in [0.15, 0.2) is 4.99 Å². The Labute approximate surface area is 170 Å². The predicted octanol–water partition coefficient (Wildman–Crippen LogP) is 1.28. The van der Waals surface area contributed by atoms with Crippen molar-refractivity contribution < 1.29 is 17.9 Å². The Balaban J connectivity index is 1.64. The topological polar surface area (TPSA) is 83.5 Å². The molecule has 2 heterocycles. The lowest BCUT2D eigenvalue weighted by Crippen LogP contribution is -2.47. The van der Waals surface area contributed by atoms with Crippen LogP contribution in [0.25, 0.3) is 0 Å². The van der Waals surface area contributed by atoms with Crippen LogP contribution >= 0.6 is 0 Å². The van der Waals surface area contributed by atoms with Gasteiger partial charge < -0.3 is 19.7 Å². The predicted molar refractivity (Wildman–Crippen MR) is 112 cm³/mol. The third-order valence-electron chi connectivity index (χ3n) is 5.43. The number of hydrogen-bond donors (Lipinski definition) is 1. The van der Waals surface area contributed by atoms with E-state index in [2.05, 4.69) is 15.2 Å². The number of piperidine rings is 1. The van der Waals surface area contributed by atoms with Gasteiger partial charge >= 0.3 is 0 Å². The van der Waals surface area contributed by atoms with Crippen molar-refractivity contribution in [2.24, 2.45) is 4.99 Å². The first-order valence-electron chi connectivity index (χ1n) is 10.6. The Bertz CT molecular complexity index is 570. The Kier molecular flexibility index (Phi) is 9.98. The van der Waals surface area contributed by atoms with Gasteiger partial charge in [0.1, 0.15) is 0 Å². The summed E-state index contributed by atoms with van der Waals surface area (Å²) < 4.78 is 36.6. The van der Waals surface area contributed by atoms with Crippen molar-refractivity contribution >= 4 is 16.0 Å². The molecule has 0 amide bonds. The lowest BCUT2D eigenvalue weighted by molar-refractivity contribution is -0.0721. The maximum atomic E-state index is 11.6. The average Bonchev–Trinajstić information content (AvgIpc) is 2.69. The number of nitrogens with zero attached hydrogens (tertiary/aromatic N) is 3. The third-order valence-corrected chi connectivity index (χ3v) is 6.81. The average molecular weight is 419 g/mol. The van der Waals surface area contributed by atoms with Crippen LogP contribution in [0.4, 0.5) is 0 Å². The Morgan fingerprint density at radius 1 is 1.29 bits per heavy atom. The van der Waals surface area contributed by atoms with Crippen LogP contribution in [0, 0.1) is 0 Å². The van der Waals surface area contributed by atoms with Crippen molar-refractivity contribution in [1.29, 1.82) is 0 Å². The van der Waals surface area contributed by atoms with Gasteiger partial charge in [-0.1, -0.05) is 6.92 Å². The number of aliphatic imine (C=N–C) groups is 1. The van der Waals surface area contributed by atoms with Crippen LogP contribution in [0.1, 0.15) is 45.4 Å². The molecular weight excluding hydrogens is 380 g/mol. The van der Waals surface area contributed by atoms with E-state index in [4.69, 9.17) is 9.47 Å². The summed E-state index contributed by atoms with van der Waals surface area (Å²) >= 11 is 0. The molecule has 28 heavy (non-hydrogen) atoms. The molecule has 9 heteroatoms. The van der Waals surface area contributed by atoms with Crippen molar-refractivity contribution in [3.8, 4) is 0 Å². The Hall–Kier alpha value is -0.900. The van der Waals surface area contributed by atoms with Gasteiger partial charge in [0.2, 0.25) is 10.0 Å². The smallest absolute Gasteiger partial charge is 0.211 e. The summed E-state index contributed by atoms with van der Waals surface area (Å²) in [4.78, 5) is 6.64. The summed E-state index contributed by atoms with van der Waals surface area (Å²) in [6, 6.07) is 0. The number of hydrogen-bond acceptors (Lipinski definition) is 5. The van der Waals surface area contributed by atoms with Gasteiger partial charge in [0.15, 0.2) is 5.96 Å². The number of sulfonamides is 1. The molecule has 0 aromatic carbocycles. The fourth-order valence-corrected chi connectivity index (χ4v) is 4.69. The zero-order chi connectivity index (χ0) is 20.4. The molecule has 0 radical (unpaired) electrons. The molecule has 1 unspecified atom stereocenters. The normalized spacial score (nSPS) is 22.6. The highest BCUT2D eigenvalue weighted by Crippen LogP contribution is 2.18.